The van der Waals surface area contributed by atoms with E-state index < -0.39 is 0 Å². The average molecular weight is 255 g/mol. The van der Waals surface area contributed by atoms with Crippen molar-refractivity contribution in [2.24, 2.45) is 10.2 Å². The first-order valence-electron chi connectivity index (χ1n) is 6.37. The lowest BCUT2D eigenvalue weighted by Gasteiger charge is -2.20. The van der Waals surface area contributed by atoms with Gasteiger partial charge in [0, 0.05) is 31.2 Å². The van der Waals surface area contributed by atoms with Gasteiger partial charge >= 0.3 is 0 Å². The molecule has 0 fully saturated rings. The van der Waals surface area contributed by atoms with Crippen molar-refractivity contribution in [3.05, 3.63) is 42.7 Å². The second-order valence-corrected chi connectivity index (χ2v) is 3.94. The Labute approximate surface area is 113 Å². The van der Waals surface area contributed by atoms with Gasteiger partial charge in [0.25, 0.3) is 5.95 Å². The molecule has 0 saturated heterocycles. The van der Waals surface area contributed by atoms with Crippen LogP contribution in [0.1, 0.15) is 13.8 Å². The van der Waals surface area contributed by atoms with Crippen LogP contribution in [0.15, 0.2) is 53.0 Å². The Morgan fingerprint density at radius 3 is 2.16 bits per heavy atom. The van der Waals surface area contributed by atoms with Gasteiger partial charge in [-0.25, -0.2) is 9.97 Å². The lowest BCUT2D eigenvalue weighted by Crippen LogP contribution is -2.21. The van der Waals surface area contributed by atoms with Crippen LogP contribution in [-0.4, -0.2) is 23.1 Å². The minimum Gasteiger partial charge on any atom is -0.372 e. The van der Waals surface area contributed by atoms with Crippen molar-refractivity contribution in [2.75, 3.05) is 18.0 Å². The number of hydrogen-bond donors (Lipinski definition) is 0. The summed E-state index contributed by atoms with van der Waals surface area (Å²) < 4.78 is 0. The van der Waals surface area contributed by atoms with E-state index in [9.17, 15) is 0 Å². The Balaban J connectivity index is 2.09. The fourth-order valence-electron chi connectivity index (χ4n) is 1.76. The van der Waals surface area contributed by atoms with E-state index in [0.29, 0.717) is 5.95 Å². The number of aromatic nitrogens is 2. The zero-order valence-corrected chi connectivity index (χ0v) is 11.2. The summed E-state index contributed by atoms with van der Waals surface area (Å²) in [6.07, 6.45) is 3.29. The molecule has 0 amide bonds. The van der Waals surface area contributed by atoms with Gasteiger partial charge in [-0.3, -0.25) is 0 Å². The van der Waals surface area contributed by atoms with Gasteiger partial charge in [-0.05, 0) is 44.2 Å². The minimum absolute atomic E-state index is 0.371. The summed E-state index contributed by atoms with van der Waals surface area (Å²) in [7, 11) is 0. The van der Waals surface area contributed by atoms with E-state index in [1.807, 2.05) is 24.3 Å². The fraction of sp³-hybridized carbons (Fsp3) is 0.286. The van der Waals surface area contributed by atoms with E-state index in [2.05, 4.69) is 38.9 Å². The van der Waals surface area contributed by atoms with E-state index in [-0.39, 0.29) is 0 Å². The van der Waals surface area contributed by atoms with E-state index >= 15 is 0 Å². The second-order valence-electron chi connectivity index (χ2n) is 3.94. The van der Waals surface area contributed by atoms with Crippen LogP contribution < -0.4 is 4.90 Å². The molecule has 5 nitrogen and oxygen atoms in total. The first-order chi connectivity index (χ1) is 9.33. The molecule has 0 atom stereocenters. The SMILES string of the molecule is CCN(CC)c1ccc(N=Nc2ncccn2)cc1. The molecule has 0 aliphatic heterocycles. The maximum Gasteiger partial charge on any atom is 0.268 e. The van der Waals surface area contributed by atoms with Crippen molar-refractivity contribution in [1.29, 1.82) is 0 Å². The molecule has 0 bridgehead atoms. The smallest absolute Gasteiger partial charge is 0.268 e. The van der Waals surface area contributed by atoms with Gasteiger partial charge in [0.05, 0.1) is 5.69 Å². The van der Waals surface area contributed by atoms with Gasteiger partial charge in [0.2, 0.25) is 0 Å². The average Bonchev–Trinajstić information content (AvgIpc) is 2.49. The fourth-order valence-corrected chi connectivity index (χ4v) is 1.76. The Morgan fingerprint density at radius 1 is 0.947 bits per heavy atom. The molecule has 0 aliphatic carbocycles. The highest BCUT2D eigenvalue weighted by Gasteiger charge is 2.00. The quantitative estimate of drug-likeness (QED) is 0.765. The molecule has 5 heteroatoms. The van der Waals surface area contributed by atoms with E-state index in [1.165, 1.54) is 5.69 Å². The van der Waals surface area contributed by atoms with Crippen LogP contribution in [0, 0.1) is 0 Å². The molecular formula is C14H17N5. The number of benzene rings is 1. The first kappa shape index (κ1) is 13.1. The normalized spacial score (nSPS) is 10.8. The van der Waals surface area contributed by atoms with Gasteiger partial charge in [-0.2, -0.15) is 0 Å². The monoisotopic (exact) mass is 255 g/mol. The number of rotatable bonds is 5. The molecule has 0 saturated carbocycles. The van der Waals surface area contributed by atoms with Crippen LogP contribution in [-0.2, 0) is 0 Å². The first-order valence-corrected chi connectivity index (χ1v) is 6.37. The van der Waals surface area contributed by atoms with Gasteiger partial charge in [0.15, 0.2) is 0 Å². The van der Waals surface area contributed by atoms with Gasteiger partial charge in [-0.15, -0.1) is 10.2 Å². The molecule has 2 rings (SSSR count). The summed E-state index contributed by atoms with van der Waals surface area (Å²) >= 11 is 0. The summed E-state index contributed by atoms with van der Waals surface area (Å²) in [5, 5.41) is 8.09. The van der Waals surface area contributed by atoms with Crippen molar-refractivity contribution in [2.45, 2.75) is 13.8 Å². The topological polar surface area (TPSA) is 53.7 Å². The van der Waals surface area contributed by atoms with Crippen molar-refractivity contribution >= 4 is 17.3 Å². The van der Waals surface area contributed by atoms with E-state index in [0.717, 1.165) is 18.8 Å². The molecule has 0 spiro atoms. The number of nitrogens with zero attached hydrogens (tertiary/aromatic N) is 5. The van der Waals surface area contributed by atoms with E-state index in [1.54, 1.807) is 18.5 Å². The predicted octanol–water partition coefficient (Wildman–Crippen LogP) is 3.74. The van der Waals surface area contributed by atoms with Crippen LogP contribution in [0.5, 0.6) is 0 Å². The lowest BCUT2D eigenvalue weighted by molar-refractivity contribution is 0.866. The Morgan fingerprint density at radius 2 is 1.58 bits per heavy atom. The standard InChI is InChI=1S/C14H17N5/c1-3-19(4-2)13-8-6-12(7-9-13)17-18-14-15-10-5-11-16-14/h5-11H,3-4H2,1-2H3. The molecule has 1 heterocycles. The number of anilines is 1. The van der Waals surface area contributed by atoms with Crippen molar-refractivity contribution < 1.29 is 0 Å². The minimum atomic E-state index is 0.371. The molecule has 1 aromatic heterocycles. The Bertz CT molecular complexity index is 517. The molecule has 19 heavy (non-hydrogen) atoms. The zero-order chi connectivity index (χ0) is 13.5. The summed E-state index contributed by atoms with van der Waals surface area (Å²) in [5.74, 6) is 0.371. The molecule has 0 unspecified atom stereocenters. The summed E-state index contributed by atoms with van der Waals surface area (Å²) in [6, 6.07) is 9.73. The number of hydrogen-bond acceptors (Lipinski definition) is 5. The summed E-state index contributed by atoms with van der Waals surface area (Å²) in [5.41, 5.74) is 1.99. The largest absolute Gasteiger partial charge is 0.372 e. The van der Waals surface area contributed by atoms with Crippen molar-refractivity contribution in [3.8, 4) is 0 Å². The van der Waals surface area contributed by atoms with E-state index in [4.69, 9.17) is 0 Å². The third-order valence-corrected chi connectivity index (χ3v) is 2.79. The summed E-state index contributed by atoms with van der Waals surface area (Å²) in [6.45, 7) is 6.28. The molecule has 98 valence electrons. The van der Waals surface area contributed by atoms with Crippen LogP contribution in [0.3, 0.4) is 0 Å². The highest BCUT2D eigenvalue weighted by molar-refractivity contribution is 5.52. The third kappa shape index (κ3) is 3.58. The second kappa shape index (κ2) is 6.58. The zero-order valence-electron chi connectivity index (χ0n) is 11.2. The van der Waals surface area contributed by atoms with Crippen LogP contribution >= 0.6 is 0 Å². The van der Waals surface area contributed by atoms with Crippen LogP contribution in [0.25, 0.3) is 0 Å². The molecular weight excluding hydrogens is 238 g/mol. The van der Waals surface area contributed by atoms with Gasteiger partial charge in [0.1, 0.15) is 0 Å². The van der Waals surface area contributed by atoms with Crippen molar-refractivity contribution in [3.63, 3.8) is 0 Å². The highest BCUT2D eigenvalue weighted by Crippen LogP contribution is 2.20. The van der Waals surface area contributed by atoms with Gasteiger partial charge < -0.3 is 4.90 Å². The van der Waals surface area contributed by atoms with Crippen LogP contribution in [0.4, 0.5) is 17.3 Å². The molecule has 0 radical (unpaired) electrons. The maximum absolute atomic E-state index is 4.11. The van der Waals surface area contributed by atoms with Crippen LogP contribution in [0.2, 0.25) is 0 Å². The Kier molecular flexibility index (Phi) is 4.55. The number of azo groups is 1. The highest BCUT2D eigenvalue weighted by atomic mass is 15.2. The molecule has 1 aromatic carbocycles. The van der Waals surface area contributed by atoms with Crippen molar-refractivity contribution in [1.82, 2.24) is 9.97 Å². The molecule has 2 aromatic rings. The maximum atomic E-state index is 4.11. The summed E-state index contributed by atoms with van der Waals surface area (Å²) in [4.78, 5) is 10.3. The molecule has 0 aliphatic rings. The van der Waals surface area contributed by atoms with Gasteiger partial charge in [-0.1, -0.05) is 0 Å². The lowest BCUT2D eigenvalue weighted by atomic mass is 10.2. The Hall–Kier alpha value is -2.30. The molecule has 0 N–H and O–H groups in total. The third-order valence-electron chi connectivity index (χ3n) is 2.79. The predicted molar refractivity (Wildman–Crippen MR) is 76.2 cm³/mol.